The van der Waals surface area contributed by atoms with Gasteiger partial charge >= 0.3 is 0 Å². The van der Waals surface area contributed by atoms with Crippen LogP contribution in [0.2, 0.25) is 0 Å². The van der Waals surface area contributed by atoms with Crippen LogP contribution in [0.1, 0.15) is 28.9 Å². The van der Waals surface area contributed by atoms with Gasteiger partial charge in [-0.1, -0.05) is 30.3 Å². The fourth-order valence-corrected chi connectivity index (χ4v) is 3.18. The van der Waals surface area contributed by atoms with Crippen molar-refractivity contribution in [1.82, 2.24) is 14.7 Å². The Bertz CT molecular complexity index is 1060. The molecule has 1 aliphatic carbocycles. The number of fused-ring (bicyclic) bond motifs is 1. The topological polar surface area (TPSA) is 55.2 Å². The first-order valence-corrected chi connectivity index (χ1v) is 8.56. The molecule has 0 spiro atoms. The summed E-state index contributed by atoms with van der Waals surface area (Å²) in [7, 11) is 1.54. The minimum absolute atomic E-state index is 0.128. The van der Waals surface area contributed by atoms with Crippen LogP contribution in [0, 0.1) is 5.82 Å². The van der Waals surface area contributed by atoms with Gasteiger partial charge in [-0.2, -0.15) is 5.10 Å². The Morgan fingerprint density at radius 3 is 2.62 bits per heavy atom. The Kier molecular flexibility index (Phi) is 4.03. The van der Waals surface area contributed by atoms with Crippen LogP contribution in [0.4, 0.5) is 4.39 Å². The van der Waals surface area contributed by atoms with E-state index in [0.29, 0.717) is 17.3 Å². The first kappa shape index (κ1) is 16.4. The Hall–Kier alpha value is -3.02. The predicted molar refractivity (Wildman–Crippen MR) is 96.3 cm³/mol. The molecule has 1 heterocycles. The van der Waals surface area contributed by atoms with Crippen molar-refractivity contribution in [3.8, 4) is 0 Å². The lowest BCUT2D eigenvalue weighted by Crippen LogP contribution is -2.35. The molecule has 1 saturated carbocycles. The summed E-state index contributed by atoms with van der Waals surface area (Å²) in [5.41, 5.74) is 0.755. The highest BCUT2D eigenvalue weighted by atomic mass is 19.1. The molecule has 1 fully saturated rings. The number of aromatic nitrogens is 2. The first-order chi connectivity index (χ1) is 12.5. The molecule has 1 aliphatic rings. The summed E-state index contributed by atoms with van der Waals surface area (Å²) in [6.45, 7) is 0.320. The SMILES string of the molecule is Cn1nc(C(=O)N(Cc2cccc(F)c2)C2CC2)c2ccccc2c1=O. The molecule has 0 unspecified atom stereocenters. The Balaban J connectivity index is 1.76. The molecule has 0 aliphatic heterocycles. The quantitative estimate of drug-likeness (QED) is 0.726. The van der Waals surface area contributed by atoms with Crippen molar-refractivity contribution >= 4 is 16.7 Å². The van der Waals surface area contributed by atoms with Crippen LogP contribution in [0.3, 0.4) is 0 Å². The minimum atomic E-state index is -0.323. The van der Waals surface area contributed by atoms with Gasteiger partial charge in [0.15, 0.2) is 5.69 Å². The molecule has 132 valence electrons. The first-order valence-electron chi connectivity index (χ1n) is 8.56. The van der Waals surface area contributed by atoms with E-state index in [1.807, 2.05) is 0 Å². The van der Waals surface area contributed by atoms with Crippen molar-refractivity contribution in [1.29, 1.82) is 0 Å². The zero-order chi connectivity index (χ0) is 18.3. The van der Waals surface area contributed by atoms with Gasteiger partial charge in [0.05, 0.1) is 5.39 Å². The van der Waals surface area contributed by atoms with Gasteiger partial charge in [-0.05, 0) is 36.6 Å². The highest BCUT2D eigenvalue weighted by molar-refractivity contribution is 6.05. The average molecular weight is 351 g/mol. The van der Waals surface area contributed by atoms with E-state index in [0.717, 1.165) is 18.4 Å². The molecule has 3 aromatic rings. The second kappa shape index (κ2) is 6.37. The molecule has 0 atom stereocenters. The van der Waals surface area contributed by atoms with E-state index < -0.39 is 0 Å². The van der Waals surface area contributed by atoms with Gasteiger partial charge in [0.25, 0.3) is 11.5 Å². The van der Waals surface area contributed by atoms with Crippen molar-refractivity contribution in [2.75, 3.05) is 0 Å². The fourth-order valence-electron chi connectivity index (χ4n) is 3.18. The van der Waals surface area contributed by atoms with E-state index in [1.165, 1.54) is 16.8 Å². The third-order valence-corrected chi connectivity index (χ3v) is 4.65. The smallest absolute Gasteiger partial charge is 0.275 e. The van der Waals surface area contributed by atoms with Crippen molar-refractivity contribution < 1.29 is 9.18 Å². The zero-order valence-corrected chi connectivity index (χ0v) is 14.4. The van der Waals surface area contributed by atoms with Gasteiger partial charge in [-0.15, -0.1) is 0 Å². The van der Waals surface area contributed by atoms with Gasteiger partial charge in [0, 0.05) is 25.0 Å². The van der Waals surface area contributed by atoms with Crippen LogP contribution in [0.25, 0.3) is 10.8 Å². The highest BCUT2D eigenvalue weighted by Gasteiger charge is 2.34. The van der Waals surface area contributed by atoms with Crippen LogP contribution >= 0.6 is 0 Å². The van der Waals surface area contributed by atoms with E-state index in [-0.39, 0.29) is 29.0 Å². The minimum Gasteiger partial charge on any atom is -0.330 e. The van der Waals surface area contributed by atoms with Crippen LogP contribution in [-0.4, -0.2) is 26.6 Å². The number of aryl methyl sites for hydroxylation is 1. The lowest BCUT2D eigenvalue weighted by Gasteiger charge is -2.23. The van der Waals surface area contributed by atoms with Gasteiger partial charge in [0.2, 0.25) is 0 Å². The molecule has 26 heavy (non-hydrogen) atoms. The van der Waals surface area contributed by atoms with Gasteiger partial charge in [-0.3, -0.25) is 9.59 Å². The predicted octanol–water partition coefficient (Wildman–Crippen LogP) is 2.88. The third-order valence-electron chi connectivity index (χ3n) is 4.65. The number of hydrogen-bond acceptors (Lipinski definition) is 3. The van der Waals surface area contributed by atoms with Crippen molar-refractivity contribution in [3.63, 3.8) is 0 Å². The van der Waals surface area contributed by atoms with Gasteiger partial charge in [-0.25, -0.2) is 9.07 Å². The molecular formula is C20H18FN3O2. The summed E-state index contributed by atoms with van der Waals surface area (Å²) in [5, 5.41) is 5.24. The normalized spacial score (nSPS) is 13.8. The summed E-state index contributed by atoms with van der Waals surface area (Å²) < 4.78 is 14.7. The number of carbonyl (C=O) groups is 1. The van der Waals surface area contributed by atoms with E-state index in [4.69, 9.17) is 0 Å². The lowest BCUT2D eigenvalue weighted by atomic mass is 10.1. The van der Waals surface area contributed by atoms with Crippen molar-refractivity contribution in [3.05, 3.63) is 76.0 Å². The van der Waals surface area contributed by atoms with Crippen LogP contribution in [0.5, 0.6) is 0 Å². The third kappa shape index (κ3) is 2.98. The molecule has 6 heteroatoms. The number of rotatable bonds is 4. The number of halogens is 1. The van der Waals surface area contributed by atoms with Gasteiger partial charge < -0.3 is 4.90 Å². The standard InChI is InChI=1S/C20H18FN3O2/c1-23-19(25)17-8-3-2-7-16(17)18(22-23)20(26)24(15-9-10-15)12-13-5-4-6-14(21)11-13/h2-8,11,15H,9-10,12H2,1H3. The molecular weight excluding hydrogens is 333 g/mol. The van der Waals surface area contributed by atoms with Gasteiger partial charge in [0.1, 0.15) is 5.82 Å². The number of carbonyl (C=O) groups excluding carboxylic acids is 1. The molecule has 4 rings (SSSR count). The molecule has 5 nitrogen and oxygen atoms in total. The second-order valence-electron chi connectivity index (χ2n) is 6.62. The molecule has 0 N–H and O–H groups in total. The Morgan fingerprint density at radius 1 is 1.19 bits per heavy atom. The van der Waals surface area contributed by atoms with Crippen LogP contribution in [-0.2, 0) is 13.6 Å². The molecule has 1 aromatic heterocycles. The monoisotopic (exact) mass is 351 g/mol. The average Bonchev–Trinajstić information content (AvgIpc) is 3.47. The molecule has 1 amide bonds. The molecule has 0 bridgehead atoms. The molecule has 2 aromatic carbocycles. The summed E-state index contributed by atoms with van der Waals surface area (Å²) in [4.78, 5) is 27.3. The van der Waals surface area contributed by atoms with Crippen LogP contribution in [0.15, 0.2) is 53.3 Å². The molecule has 0 saturated heterocycles. The maximum absolute atomic E-state index is 13.5. The summed E-state index contributed by atoms with van der Waals surface area (Å²) in [5.74, 6) is -0.556. The summed E-state index contributed by atoms with van der Waals surface area (Å²) in [6.07, 6.45) is 1.84. The van der Waals surface area contributed by atoms with Crippen molar-refractivity contribution in [2.24, 2.45) is 7.05 Å². The summed E-state index contributed by atoms with van der Waals surface area (Å²) in [6, 6.07) is 13.4. The van der Waals surface area contributed by atoms with Crippen molar-refractivity contribution in [2.45, 2.75) is 25.4 Å². The molecule has 0 radical (unpaired) electrons. The van der Waals surface area contributed by atoms with E-state index >= 15 is 0 Å². The summed E-state index contributed by atoms with van der Waals surface area (Å²) >= 11 is 0. The lowest BCUT2D eigenvalue weighted by molar-refractivity contribution is 0.0723. The van der Waals surface area contributed by atoms with E-state index in [9.17, 15) is 14.0 Å². The maximum atomic E-state index is 13.5. The number of nitrogens with zero attached hydrogens (tertiary/aromatic N) is 3. The highest BCUT2D eigenvalue weighted by Crippen LogP contribution is 2.30. The van der Waals surface area contributed by atoms with E-state index in [2.05, 4.69) is 5.10 Å². The Labute approximate surface area is 149 Å². The number of hydrogen-bond donors (Lipinski definition) is 0. The number of benzene rings is 2. The zero-order valence-electron chi connectivity index (χ0n) is 14.4. The largest absolute Gasteiger partial charge is 0.330 e. The second-order valence-corrected chi connectivity index (χ2v) is 6.62. The fraction of sp³-hybridized carbons (Fsp3) is 0.250. The number of amides is 1. The maximum Gasteiger partial charge on any atom is 0.275 e. The van der Waals surface area contributed by atoms with E-state index in [1.54, 1.807) is 48.3 Å². The Morgan fingerprint density at radius 2 is 1.92 bits per heavy atom. The van der Waals surface area contributed by atoms with Crippen LogP contribution < -0.4 is 5.56 Å².